The number of hydrogen-bond donors (Lipinski definition) is 2. The van der Waals surface area contributed by atoms with Gasteiger partial charge in [0.15, 0.2) is 0 Å². The average molecular weight is 155 g/mol. The Hall–Kier alpha value is -0.0800. The number of aliphatic hydroxyl groups excluding tert-OH is 1. The maximum Gasteiger partial charge on any atom is 0.0572 e. The van der Waals surface area contributed by atoms with Gasteiger partial charge in [-0.25, -0.2) is 0 Å². The predicted octanol–water partition coefficient (Wildman–Crippen LogP) is 0.757. The Kier molecular flexibility index (Phi) is 2.14. The van der Waals surface area contributed by atoms with Crippen molar-refractivity contribution in [2.45, 2.75) is 31.8 Å². The molecule has 1 atom stereocenters. The molecular weight excluding hydrogens is 138 g/mol. The lowest BCUT2D eigenvalue weighted by molar-refractivity contribution is 0.0351. The summed E-state index contributed by atoms with van der Waals surface area (Å²) in [5.74, 6) is 1.42. The smallest absolute Gasteiger partial charge is 0.0572 e. The molecule has 2 aliphatic rings. The van der Waals surface area contributed by atoms with E-state index in [0.29, 0.717) is 5.92 Å². The highest BCUT2D eigenvalue weighted by atomic mass is 16.3. The minimum atomic E-state index is 0.0100. The molecule has 0 radical (unpaired) electrons. The zero-order chi connectivity index (χ0) is 7.68. The molecule has 1 aliphatic heterocycles. The number of hydrogen-bond acceptors (Lipinski definition) is 2. The summed E-state index contributed by atoms with van der Waals surface area (Å²) in [6, 6.07) is 0. The third kappa shape index (κ3) is 1.57. The molecule has 1 saturated heterocycles. The molecule has 0 bridgehead atoms. The highest BCUT2D eigenvalue weighted by Gasteiger charge is 2.29. The van der Waals surface area contributed by atoms with Crippen LogP contribution in [0.4, 0.5) is 0 Å². The van der Waals surface area contributed by atoms with Crippen LogP contribution in [-0.2, 0) is 0 Å². The van der Waals surface area contributed by atoms with Crippen molar-refractivity contribution in [3.63, 3.8) is 0 Å². The molecule has 2 heteroatoms. The monoisotopic (exact) mass is 155 g/mol. The van der Waals surface area contributed by atoms with Gasteiger partial charge in [-0.1, -0.05) is 6.42 Å². The summed E-state index contributed by atoms with van der Waals surface area (Å²) in [5.41, 5.74) is 0. The largest absolute Gasteiger partial charge is 0.393 e. The van der Waals surface area contributed by atoms with Gasteiger partial charge in [-0.3, -0.25) is 0 Å². The number of nitrogens with one attached hydrogen (secondary N) is 1. The highest BCUT2D eigenvalue weighted by Crippen LogP contribution is 2.32. The molecule has 1 unspecified atom stereocenters. The Morgan fingerprint density at radius 1 is 1.36 bits per heavy atom. The van der Waals surface area contributed by atoms with Crippen molar-refractivity contribution in [3.8, 4) is 0 Å². The van der Waals surface area contributed by atoms with E-state index in [1.165, 1.54) is 19.3 Å². The summed E-state index contributed by atoms with van der Waals surface area (Å²) in [6.45, 7) is 2.26. The molecule has 1 saturated carbocycles. The molecule has 2 fully saturated rings. The van der Waals surface area contributed by atoms with E-state index in [2.05, 4.69) is 5.32 Å². The minimum Gasteiger partial charge on any atom is -0.393 e. The summed E-state index contributed by atoms with van der Waals surface area (Å²) in [6.07, 6.45) is 4.92. The van der Waals surface area contributed by atoms with Gasteiger partial charge in [-0.2, -0.15) is 0 Å². The van der Waals surface area contributed by atoms with Gasteiger partial charge >= 0.3 is 0 Å². The molecule has 0 aromatic carbocycles. The molecule has 0 spiro atoms. The Bertz CT molecular complexity index is 130. The Morgan fingerprint density at radius 2 is 2.09 bits per heavy atom. The van der Waals surface area contributed by atoms with E-state index in [4.69, 9.17) is 0 Å². The maximum atomic E-state index is 9.68. The van der Waals surface area contributed by atoms with Gasteiger partial charge < -0.3 is 10.4 Å². The fourth-order valence-corrected chi connectivity index (χ4v) is 1.87. The summed E-state index contributed by atoms with van der Waals surface area (Å²) in [7, 11) is 0. The number of aliphatic hydroxyl groups is 1. The Balaban J connectivity index is 1.67. The van der Waals surface area contributed by atoms with Crippen LogP contribution in [0.15, 0.2) is 0 Å². The quantitative estimate of drug-likeness (QED) is 0.630. The predicted molar refractivity (Wildman–Crippen MR) is 44.3 cm³/mol. The first kappa shape index (κ1) is 7.56. The van der Waals surface area contributed by atoms with Crippen LogP contribution < -0.4 is 5.32 Å². The fraction of sp³-hybridized carbons (Fsp3) is 1.00. The van der Waals surface area contributed by atoms with Crippen molar-refractivity contribution in [3.05, 3.63) is 0 Å². The van der Waals surface area contributed by atoms with Crippen LogP contribution in [0.5, 0.6) is 0 Å². The zero-order valence-corrected chi connectivity index (χ0v) is 6.92. The van der Waals surface area contributed by atoms with Gasteiger partial charge in [-0.05, 0) is 44.2 Å². The van der Waals surface area contributed by atoms with Gasteiger partial charge in [0.1, 0.15) is 0 Å². The van der Waals surface area contributed by atoms with Crippen molar-refractivity contribution in [1.29, 1.82) is 0 Å². The molecule has 1 aliphatic carbocycles. The Labute approximate surface area is 68.0 Å². The number of rotatable bonds is 3. The standard InChI is InChI=1S/C9H17NO/c11-9(8-2-1-3-8)4-7-5-10-6-7/h7-11H,1-6H2. The second-order valence-corrected chi connectivity index (χ2v) is 4.02. The van der Waals surface area contributed by atoms with Crippen LogP contribution in [0.25, 0.3) is 0 Å². The van der Waals surface area contributed by atoms with Crippen LogP contribution >= 0.6 is 0 Å². The summed E-state index contributed by atoms with van der Waals surface area (Å²) in [4.78, 5) is 0. The lowest BCUT2D eigenvalue weighted by atomic mass is 9.77. The molecule has 2 rings (SSSR count). The fourth-order valence-electron chi connectivity index (χ4n) is 1.87. The van der Waals surface area contributed by atoms with Crippen LogP contribution in [0.2, 0.25) is 0 Å². The first-order valence-electron chi connectivity index (χ1n) is 4.75. The van der Waals surface area contributed by atoms with Crippen LogP contribution in [-0.4, -0.2) is 24.3 Å². The van der Waals surface area contributed by atoms with E-state index in [1.807, 2.05) is 0 Å². The zero-order valence-electron chi connectivity index (χ0n) is 6.92. The normalized spacial score (nSPS) is 29.2. The van der Waals surface area contributed by atoms with E-state index >= 15 is 0 Å². The van der Waals surface area contributed by atoms with Crippen LogP contribution in [0.3, 0.4) is 0 Å². The third-order valence-electron chi connectivity index (χ3n) is 3.13. The van der Waals surface area contributed by atoms with Crippen molar-refractivity contribution in [2.75, 3.05) is 13.1 Å². The third-order valence-corrected chi connectivity index (χ3v) is 3.13. The molecule has 11 heavy (non-hydrogen) atoms. The lowest BCUT2D eigenvalue weighted by Gasteiger charge is -2.35. The topological polar surface area (TPSA) is 32.3 Å². The average Bonchev–Trinajstić information content (AvgIpc) is 1.74. The molecule has 0 amide bonds. The van der Waals surface area contributed by atoms with Gasteiger partial charge in [0, 0.05) is 0 Å². The molecule has 2 N–H and O–H groups in total. The van der Waals surface area contributed by atoms with E-state index in [0.717, 1.165) is 25.4 Å². The summed E-state index contributed by atoms with van der Waals surface area (Å²) in [5, 5.41) is 12.9. The maximum absolute atomic E-state index is 9.68. The van der Waals surface area contributed by atoms with Crippen molar-refractivity contribution in [1.82, 2.24) is 5.32 Å². The van der Waals surface area contributed by atoms with Crippen LogP contribution in [0, 0.1) is 11.8 Å². The molecular formula is C9H17NO. The second-order valence-electron chi connectivity index (χ2n) is 4.02. The summed E-state index contributed by atoms with van der Waals surface area (Å²) < 4.78 is 0. The van der Waals surface area contributed by atoms with Crippen molar-refractivity contribution in [2.24, 2.45) is 11.8 Å². The molecule has 0 aromatic heterocycles. The Morgan fingerprint density at radius 3 is 2.45 bits per heavy atom. The van der Waals surface area contributed by atoms with E-state index < -0.39 is 0 Å². The van der Waals surface area contributed by atoms with E-state index in [9.17, 15) is 5.11 Å². The first-order valence-corrected chi connectivity index (χ1v) is 4.75. The van der Waals surface area contributed by atoms with E-state index in [1.54, 1.807) is 0 Å². The van der Waals surface area contributed by atoms with Gasteiger partial charge in [0.25, 0.3) is 0 Å². The van der Waals surface area contributed by atoms with E-state index in [-0.39, 0.29) is 6.10 Å². The minimum absolute atomic E-state index is 0.0100. The second kappa shape index (κ2) is 3.11. The van der Waals surface area contributed by atoms with Crippen molar-refractivity contribution >= 4 is 0 Å². The van der Waals surface area contributed by atoms with Gasteiger partial charge in [-0.15, -0.1) is 0 Å². The first-order chi connectivity index (χ1) is 5.36. The molecule has 2 nitrogen and oxygen atoms in total. The van der Waals surface area contributed by atoms with Crippen LogP contribution in [0.1, 0.15) is 25.7 Å². The summed E-state index contributed by atoms with van der Waals surface area (Å²) >= 11 is 0. The lowest BCUT2D eigenvalue weighted by Crippen LogP contribution is -2.45. The molecule has 0 aromatic rings. The molecule has 64 valence electrons. The molecule has 1 heterocycles. The van der Waals surface area contributed by atoms with Crippen molar-refractivity contribution < 1.29 is 5.11 Å². The van der Waals surface area contributed by atoms with Gasteiger partial charge in [0.05, 0.1) is 6.10 Å². The van der Waals surface area contributed by atoms with Gasteiger partial charge in [0.2, 0.25) is 0 Å². The highest BCUT2D eigenvalue weighted by molar-refractivity contribution is 4.83. The SMILES string of the molecule is OC(CC1CNC1)C1CCC1.